The van der Waals surface area contributed by atoms with E-state index < -0.39 is 0 Å². The molecule has 0 fully saturated rings. The summed E-state index contributed by atoms with van der Waals surface area (Å²) in [5.41, 5.74) is 0.686. The molecule has 1 aromatic carbocycles. The highest BCUT2D eigenvalue weighted by molar-refractivity contribution is 6.00. The fraction of sp³-hybridized carbons (Fsp3) is 0.0769. The first-order valence-electron chi connectivity index (χ1n) is 5.36. The van der Waals surface area contributed by atoms with Crippen molar-refractivity contribution in [2.24, 2.45) is 5.16 Å². The summed E-state index contributed by atoms with van der Waals surface area (Å²) < 4.78 is 1.42. The Morgan fingerprint density at radius 1 is 1.22 bits per heavy atom. The minimum Gasteiger partial charge on any atom is -0.508 e. The molecule has 0 atom stereocenters. The Labute approximate surface area is 103 Å². The van der Waals surface area contributed by atoms with E-state index >= 15 is 0 Å². The molecule has 0 bridgehead atoms. The Morgan fingerprint density at radius 2 is 2.06 bits per heavy atom. The molecule has 0 unspecified atom stereocenters. The van der Waals surface area contributed by atoms with Gasteiger partial charge in [0.05, 0.1) is 6.54 Å². The van der Waals surface area contributed by atoms with Gasteiger partial charge in [-0.1, -0.05) is 23.4 Å². The van der Waals surface area contributed by atoms with Crippen molar-refractivity contribution in [1.82, 2.24) is 4.57 Å². The lowest BCUT2D eigenvalue weighted by atomic mass is 10.1. The predicted molar refractivity (Wildman–Crippen MR) is 67.1 cm³/mol. The number of aromatic hydroxyl groups is 1. The second-order valence-corrected chi connectivity index (χ2v) is 3.76. The van der Waals surface area contributed by atoms with Gasteiger partial charge >= 0.3 is 0 Å². The van der Waals surface area contributed by atoms with Crippen LogP contribution in [0.15, 0.2) is 58.6 Å². The molecule has 0 saturated heterocycles. The van der Waals surface area contributed by atoms with E-state index in [1.165, 1.54) is 22.8 Å². The number of oxime groups is 1. The fourth-order valence-corrected chi connectivity index (χ4v) is 1.62. The van der Waals surface area contributed by atoms with Crippen molar-refractivity contribution in [3.05, 3.63) is 64.6 Å². The van der Waals surface area contributed by atoms with Crippen LogP contribution >= 0.6 is 0 Å². The fourth-order valence-electron chi connectivity index (χ4n) is 1.62. The molecule has 0 aliphatic heterocycles. The zero-order chi connectivity index (χ0) is 13.0. The van der Waals surface area contributed by atoms with Gasteiger partial charge in [0.2, 0.25) is 0 Å². The van der Waals surface area contributed by atoms with Crippen molar-refractivity contribution in [2.45, 2.75) is 6.54 Å². The molecule has 5 heteroatoms. The van der Waals surface area contributed by atoms with Crippen LogP contribution < -0.4 is 5.56 Å². The minimum absolute atomic E-state index is 0.0778. The molecule has 0 spiro atoms. The lowest BCUT2D eigenvalue weighted by Gasteiger charge is -2.07. The normalized spacial score (nSPS) is 11.4. The van der Waals surface area contributed by atoms with Gasteiger partial charge in [0.25, 0.3) is 5.56 Å². The third-order valence-corrected chi connectivity index (χ3v) is 2.52. The molecule has 0 radical (unpaired) electrons. The van der Waals surface area contributed by atoms with E-state index in [0.717, 1.165) is 0 Å². The van der Waals surface area contributed by atoms with Gasteiger partial charge in [-0.25, -0.2) is 0 Å². The standard InChI is InChI=1S/C13H12N2O3/c16-11-5-3-4-10(8-11)12(14-18)9-15-7-2-1-6-13(15)17/h1-8,16,18H,9H2. The predicted octanol–water partition coefficient (Wildman–Crippen LogP) is 1.43. The topological polar surface area (TPSA) is 74.8 Å². The van der Waals surface area contributed by atoms with Crippen LogP contribution in [0.1, 0.15) is 5.56 Å². The maximum Gasteiger partial charge on any atom is 0.250 e. The number of benzene rings is 1. The molecule has 2 aromatic rings. The summed E-state index contributed by atoms with van der Waals surface area (Å²) >= 11 is 0. The van der Waals surface area contributed by atoms with Crippen molar-refractivity contribution in [2.75, 3.05) is 0 Å². The Morgan fingerprint density at radius 3 is 2.72 bits per heavy atom. The van der Waals surface area contributed by atoms with Crippen LogP contribution in [0.4, 0.5) is 0 Å². The Bertz CT molecular complexity index is 632. The van der Waals surface area contributed by atoms with E-state index in [1.54, 1.807) is 30.5 Å². The molecule has 2 N–H and O–H groups in total. The minimum atomic E-state index is -0.182. The Balaban J connectivity index is 2.32. The Hall–Kier alpha value is -2.56. The lowest BCUT2D eigenvalue weighted by molar-refractivity contribution is 0.317. The summed E-state index contributed by atoms with van der Waals surface area (Å²) in [6.07, 6.45) is 1.61. The van der Waals surface area contributed by atoms with Crippen LogP contribution in [0, 0.1) is 0 Å². The van der Waals surface area contributed by atoms with Gasteiger partial charge in [-0.15, -0.1) is 0 Å². The van der Waals surface area contributed by atoms with Crippen LogP contribution in [0.3, 0.4) is 0 Å². The van der Waals surface area contributed by atoms with Gasteiger partial charge in [0.1, 0.15) is 11.5 Å². The molecule has 1 aromatic heterocycles. The SMILES string of the molecule is O=c1ccccn1CC(=NO)c1cccc(O)c1. The maximum absolute atomic E-state index is 11.5. The molecule has 1 heterocycles. The highest BCUT2D eigenvalue weighted by atomic mass is 16.4. The number of pyridine rings is 1. The number of phenols is 1. The van der Waals surface area contributed by atoms with E-state index in [2.05, 4.69) is 5.16 Å². The van der Waals surface area contributed by atoms with Crippen molar-refractivity contribution >= 4 is 5.71 Å². The quantitative estimate of drug-likeness (QED) is 0.487. The van der Waals surface area contributed by atoms with Crippen molar-refractivity contribution in [1.29, 1.82) is 0 Å². The second-order valence-electron chi connectivity index (χ2n) is 3.76. The van der Waals surface area contributed by atoms with Crippen LogP contribution in [-0.2, 0) is 6.54 Å². The number of hydrogen-bond acceptors (Lipinski definition) is 4. The number of nitrogens with zero attached hydrogens (tertiary/aromatic N) is 2. The maximum atomic E-state index is 11.5. The summed E-state index contributed by atoms with van der Waals surface area (Å²) in [4.78, 5) is 11.5. The number of rotatable bonds is 3. The third kappa shape index (κ3) is 2.57. The van der Waals surface area contributed by atoms with Gasteiger partial charge in [0, 0.05) is 17.8 Å². The number of aromatic nitrogens is 1. The van der Waals surface area contributed by atoms with Crippen molar-refractivity contribution < 1.29 is 10.3 Å². The molecular weight excluding hydrogens is 232 g/mol. The highest BCUT2D eigenvalue weighted by Gasteiger charge is 2.07. The van der Waals surface area contributed by atoms with Gasteiger partial charge in [-0.2, -0.15) is 0 Å². The van der Waals surface area contributed by atoms with Crippen LogP contribution in [0.2, 0.25) is 0 Å². The van der Waals surface area contributed by atoms with Crippen LogP contribution in [0.25, 0.3) is 0 Å². The zero-order valence-electron chi connectivity index (χ0n) is 9.52. The average molecular weight is 244 g/mol. The molecule has 18 heavy (non-hydrogen) atoms. The van der Waals surface area contributed by atoms with E-state index in [0.29, 0.717) is 11.3 Å². The summed E-state index contributed by atoms with van der Waals surface area (Å²) in [5.74, 6) is 0.0778. The molecule has 0 saturated carbocycles. The summed E-state index contributed by atoms with van der Waals surface area (Å²) in [7, 11) is 0. The summed E-state index contributed by atoms with van der Waals surface area (Å²) in [5, 5.41) is 21.6. The average Bonchev–Trinajstić information content (AvgIpc) is 2.38. The third-order valence-electron chi connectivity index (χ3n) is 2.52. The monoisotopic (exact) mass is 244 g/mol. The first-order chi connectivity index (χ1) is 8.70. The molecule has 0 aliphatic rings. The Kier molecular flexibility index (Phi) is 3.43. The van der Waals surface area contributed by atoms with E-state index in [1.807, 2.05) is 0 Å². The molecule has 2 rings (SSSR count). The highest BCUT2D eigenvalue weighted by Crippen LogP contribution is 2.12. The molecule has 0 aliphatic carbocycles. The smallest absolute Gasteiger partial charge is 0.250 e. The molecule has 5 nitrogen and oxygen atoms in total. The first kappa shape index (κ1) is 11.9. The number of phenolic OH excluding ortho intramolecular Hbond substituents is 1. The number of hydrogen-bond donors (Lipinski definition) is 2. The van der Waals surface area contributed by atoms with E-state index in [9.17, 15) is 9.90 Å². The first-order valence-corrected chi connectivity index (χ1v) is 5.36. The second kappa shape index (κ2) is 5.18. The van der Waals surface area contributed by atoms with Gasteiger partial charge in [-0.05, 0) is 18.2 Å². The van der Waals surface area contributed by atoms with Gasteiger partial charge < -0.3 is 14.9 Å². The van der Waals surface area contributed by atoms with Gasteiger partial charge in [0.15, 0.2) is 0 Å². The van der Waals surface area contributed by atoms with Crippen molar-refractivity contribution in [3.8, 4) is 5.75 Å². The van der Waals surface area contributed by atoms with Gasteiger partial charge in [-0.3, -0.25) is 4.79 Å². The van der Waals surface area contributed by atoms with Crippen molar-refractivity contribution in [3.63, 3.8) is 0 Å². The van der Waals surface area contributed by atoms with Crippen LogP contribution in [0.5, 0.6) is 5.75 Å². The lowest BCUT2D eigenvalue weighted by Crippen LogP contribution is -2.23. The van der Waals surface area contributed by atoms with E-state index in [-0.39, 0.29) is 17.9 Å². The zero-order valence-corrected chi connectivity index (χ0v) is 9.52. The molecular formula is C13H12N2O3. The van der Waals surface area contributed by atoms with E-state index in [4.69, 9.17) is 5.21 Å². The molecule has 92 valence electrons. The molecule has 0 amide bonds. The summed E-state index contributed by atoms with van der Waals surface area (Å²) in [6.45, 7) is 0.139. The summed E-state index contributed by atoms with van der Waals surface area (Å²) in [6, 6.07) is 11.1. The largest absolute Gasteiger partial charge is 0.508 e. The van der Waals surface area contributed by atoms with Crippen LogP contribution in [-0.4, -0.2) is 20.6 Å².